The molecule has 0 bridgehead atoms. The van der Waals surface area contributed by atoms with Crippen LogP contribution in [0.15, 0.2) is 18.2 Å². The van der Waals surface area contributed by atoms with Gasteiger partial charge in [-0.1, -0.05) is 13.0 Å². The molecule has 1 aromatic carbocycles. The van der Waals surface area contributed by atoms with Gasteiger partial charge in [0, 0.05) is 43.6 Å². The first-order chi connectivity index (χ1) is 13.2. The lowest BCUT2D eigenvalue weighted by Gasteiger charge is -2.50. The Bertz CT molecular complexity index is 887. The van der Waals surface area contributed by atoms with Crippen LogP contribution in [-0.2, 0) is 19.1 Å². The van der Waals surface area contributed by atoms with Crippen molar-refractivity contribution in [2.24, 2.45) is 17.3 Å². The molecule has 148 valence electrons. The Morgan fingerprint density at radius 3 is 2.57 bits per heavy atom. The first kappa shape index (κ1) is 18.8. The number of carbonyl (C=O) groups is 4. The number of Topliss-reactive ketones (excluding diaryl/α,β-unsaturated/α-hetero) is 2. The molecule has 2 saturated carbocycles. The molecular weight excluding hydrogens is 360 g/mol. The molecule has 1 aromatic rings. The largest absolute Gasteiger partial charge is 0.462 e. The van der Waals surface area contributed by atoms with Crippen molar-refractivity contribution in [2.75, 3.05) is 0 Å². The van der Waals surface area contributed by atoms with Gasteiger partial charge in [0.25, 0.3) is 0 Å². The van der Waals surface area contributed by atoms with E-state index in [0.717, 1.165) is 12.0 Å². The molecular formula is C22H24O6. The van der Waals surface area contributed by atoms with Gasteiger partial charge in [0.1, 0.15) is 17.6 Å². The highest BCUT2D eigenvalue weighted by Gasteiger charge is 2.59. The van der Waals surface area contributed by atoms with Gasteiger partial charge in [-0.05, 0) is 42.4 Å². The van der Waals surface area contributed by atoms with Crippen LogP contribution in [0.3, 0.4) is 0 Å². The summed E-state index contributed by atoms with van der Waals surface area (Å²) in [5.74, 6) is -0.364. The third-order valence-electron chi connectivity index (χ3n) is 6.83. The minimum Gasteiger partial charge on any atom is -0.462 e. The van der Waals surface area contributed by atoms with Crippen molar-refractivity contribution in [1.82, 2.24) is 0 Å². The highest BCUT2D eigenvalue weighted by molar-refractivity contribution is 6.00. The first-order valence-corrected chi connectivity index (χ1v) is 9.77. The SMILES string of the molecule is CC(=O)Oc1ccc2c(c1)C(=O)CC1C2C(OC(C)=O)CC2(C)C(=O)CCC12. The summed E-state index contributed by atoms with van der Waals surface area (Å²) in [6.45, 7) is 4.65. The zero-order valence-corrected chi connectivity index (χ0v) is 16.3. The standard InChI is InChI=1S/C22H24O6/c1-11(23)27-13-4-5-14-15(8-13)18(25)9-16-17-6-7-20(26)22(17,3)10-19(21(14)16)28-12(2)24/h4-5,8,16-17,19,21H,6-7,9-10H2,1-3H3. The van der Waals surface area contributed by atoms with Gasteiger partial charge in [-0.25, -0.2) is 0 Å². The van der Waals surface area contributed by atoms with Crippen molar-refractivity contribution in [2.45, 2.75) is 58.5 Å². The van der Waals surface area contributed by atoms with Crippen molar-refractivity contribution < 1.29 is 28.7 Å². The summed E-state index contributed by atoms with van der Waals surface area (Å²) >= 11 is 0. The molecule has 0 spiro atoms. The van der Waals surface area contributed by atoms with Crippen LogP contribution in [0.25, 0.3) is 0 Å². The number of ketones is 2. The van der Waals surface area contributed by atoms with E-state index in [1.165, 1.54) is 13.8 Å². The van der Waals surface area contributed by atoms with Crippen molar-refractivity contribution >= 4 is 23.5 Å². The summed E-state index contributed by atoms with van der Waals surface area (Å²) < 4.78 is 10.8. The van der Waals surface area contributed by atoms with E-state index < -0.39 is 17.5 Å². The third-order valence-corrected chi connectivity index (χ3v) is 6.83. The van der Waals surface area contributed by atoms with Gasteiger partial charge in [-0.2, -0.15) is 0 Å². The molecule has 0 amide bonds. The molecule has 28 heavy (non-hydrogen) atoms. The van der Waals surface area contributed by atoms with Crippen LogP contribution in [-0.4, -0.2) is 29.6 Å². The fourth-order valence-corrected chi connectivity index (χ4v) is 5.77. The zero-order chi connectivity index (χ0) is 20.2. The van der Waals surface area contributed by atoms with Crippen molar-refractivity contribution in [1.29, 1.82) is 0 Å². The van der Waals surface area contributed by atoms with Gasteiger partial charge < -0.3 is 9.47 Å². The van der Waals surface area contributed by atoms with E-state index in [4.69, 9.17) is 9.47 Å². The van der Waals surface area contributed by atoms with Crippen molar-refractivity contribution in [3.05, 3.63) is 29.3 Å². The highest BCUT2D eigenvalue weighted by atomic mass is 16.5. The van der Waals surface area contributed by atoms with Gasteiger partial charge in [0.2, 0.25) is 0 Å². The Labute approximate surface area is 163 Å². The molecule has 6 nitrogen and oxygen atoms in total. The number of esters is 2. The van der Waals surface area contributed by atoms with E-state index in [1.54, 1.807) is 18.2 Å². The molecule has 5 atom stereocenters. The number of hydrogen-bond acceptors (Lipinski definition) is 6. The first-order valence-electron chi connectivity index (χ1n) is 9.77. The predicted molar refractivity (Wildman–Crippen MR) is 98.9 cm³/mol. The number of carbonyl (C=O) groups excluding carboxylic acids is 4. The molecule has 2 fully saturated rings. The minimum absolute atomic E-state index is 0.0181. The topological polar surface area (TPSA) is 86.7 Å². The van der Waals surface area contributed by atoms with E-state index in [0.29, 0.717) is 30.6 Å². The molecule has 0 saturated heterocycles. The predicted octanol–water partition coefficient (Wildman–Crippen LogP) is 3.22. The summed E-state index contributed by atoms with van der Waals surface area (Å²) in [6, 6.07) is 5.08. The van der Waals surface area contributed by atoms with E-state index >= 15 is 0 Å². The molecule has 5 unspecified atom stereocenters. The Morgan fingerprint density at radius 1 is 1.14 bits per heavy atom. The molecule has 0 aromatic heterocycles. The number of fused-ring (bicyclic) bond motifs is 5. The van der Waals surface area contributed by atoms with Crippen LogP contribution in [0, 0.1) is 17.3 Å². The van der Waals surface area contributed by atoms with Crippen molar-refractivity contribution in [3.8, 4) is 5.75 Å². The van der Waals surface area contributed by atoms with E-state index in [2.05, 4.69) is 0 Å². The van der Waals surface area contributed by atoms with Gasteiger partial charge >= 0.3 is 11.9 Å². The summed E-state index contributed by atoms with van der Waals surface area (Å²) in [6.07, 6.45) is 1.64. The second-order valence-electron chi connectivity index (χ2n) is 8.50. The maximum absolute atomic E-state index is 12.9. The number of rotatable bonds is 2. The second kappa shape index (κ2) is 6.54. The normalized spacial score (nSPS) is 33.5. The molecule has 0 heterocycles. The minimum atomic E-state index is -0.545. The third kappa shape index (κ3) is 2.86. The second-order valence-corrected chi connectivity index (χ2v) is 8.50. The summed E-state index contributed by atoms with van der Waals surface area (Å²) in [5.41, 5.74) is 0.798. The Morgan fingerprint density at radius 2 is 1.89 bits per heavy atom. The quantitative estimate of drug-likeness (QED) is 0.575. The summed E-state index contributed by atoms with van der Waals surface area (Å²) in [7, 11) is 0. The Hall–Kier alpha value is -2.50. The fraction of sp³-hybridized carbons (Fsp3) is 0.545. The van der Waals surface area contributed by atoms with Crippen LogP contribution in [0.2, 0.25) is 0 Å². The maximum Gasteiger partial charge on any atom is 0.308 e. The highest BCUT2D eigenvalue weighted by Crippen LogP contribution is 2.60. The molecule has 4 rings (SSSR count). The van der Waals surface area contributed by atoms with Gasteiger partial charge in [-0.15, -0.1) is 0 Å². The van der Waals surface area contributed by atoms with Crippen LogP contribution in [0.5, 0.6) is 5.75 Å². The molecule has 0 aliphatic heterocycles. The van der Waals surface area contributed by atoms with Crippen LogP contribution in [0.1, 0.15) is 68.3 Å². The maximum atomic E-state index is 12.9. The smallest absolute Gasteiger partial charge is 0.308 e. The zero-order valence-electron chi connectivity index (χ0n) is 16.3. The molecule has 0 N–H and O–H groups in total. The lowest BCUT2D eigenvalue weighted by molar-refractivity contribution is -0.158. The van der Waals surface area contributed by atoms with E-state index in [1.807, 2.05) is 6.92 Å². The molecule has 3 aliphatic rings. The van der Waals surface area contributed by atoms with Gasteiger partial charge in [0.05, 0.1) is 0 Å². The molecule has 0 radical (unpaired) electrons. The summed E-state index contributed by atoms with van der Waals surface area (Å²) in [4.78, 5) is 48.6. The fourth-order valence-electron chi connectivity index (χ4n) is 5.77. The summed E-state index contributed by atoms with van der Waals surface area (Å²) in [5, 5.41) is 0. The van der Waals surface area contributed by atoms with Crippen LogP contribution in [0.4, 0.5) is 0 Å². The number of hydrogen-bond donors (Lipinski definition) is 0. The van der Waals surface area contributed by atoms with Gasteiger partial charge in [-0.3, -0.25) is 19.2 Å². The average Bonchev–Trinajstić information content (AvgIpc) is 2.89. The average molecular weight is 384 g/mol. The monoisotopic (exact) mass is 384 g/mol. The van der Waals surface area contributed by atoms with Crippen molar-refractivity contribution in [3.63, 3.8) is 0 Å². The number of ether oxygens (including phenoxy) is 2. The van der Waals surface area contributed by atoms with Crippen LogP contribution >= 0.6 is 0 Å². The Kier molecular flexibility index (Phi) is 4.40. The lowest BCUT2D eigenvalue weighted by atomic mass is 9.54. The Balaban J connectivity index is 1.79. The van der Waals surface area contributed by atoms with E-state index in [9.17, 15) is 19.2 Å². The van der Waals surface area contributed by atoms with Gasteiger partial charge in [0.15, 0.2) is 5.78 Å². The number of benzene rings is 1. The lowest BCUT2D eigenvalue weighted by Crippen LogP contribution is -2.51. The van der Waals surface area contributed by atoms with Crippen LogP contribution < -0.4 is 4.74 Å². The molecule has 3 aliphatic carbocycles. The molecule has 6 heteroatoms. The van der Waals surface area contributed by atoms with E-state index in [-0.39, 0.29) is 35.3 Å².